The van der Waals surface area contributed by atoms with E-state index in [0.717, 1.165) is 4.31 Å². The molecule has 2 rings (SSSR count). The van der Waals surface area contributed by atoms with Crippen LogP contribution >= 0.6 is 0 Å². The molecule has 0 fully saturated rings. The third-order valence-corrected chi connectivity index (χ3v) is 5.56. The Balaban J connectivity index is 2.41. The molecule has 136 valence electrons. The van der Waals surface area contributed by atoms with Crippen LogP contribution in [0.3, 0.4) is 0 Å². The van der Waals surface area contributed by atoms with Gasteiger partial charge in [0.15, 0.2) is 0 Å². The molecule has 1 aromatic carbocycles. The number of nitrogens with zero attached hydrogens (tertiary/aromatic N) is 1. The van der Waals surface area contributed by atoms with E-state index in [-0.39, 0.29) is 29.4 Å². The Bertz CT molecular complexity index is 961. The molecule has 0 saturated heterocycles. The number of carbonyl (C=O) groups excluding carboxylic acids is 1. The largest absolute Gasteiger partial charge is 0.480 e. The first kappa shape index (κ1) is 18.7. The van der Waals surface area contributed by atoms with Crippen molar-refractivity contribution in [3.8, 4) is 0 Å². The number of aromatic nitrogens is 2. The highest BCUT2D eigenvalue weighted by molar-refractivity contribution is 7.89. The van der Waals surface area contributed by atoms with Crippen molar-refractivity contribution >= 4 is 32.9 Å². The quantitative estimate of drug-likeness (QED) is 0.513. The van der Waals surface area contributed by atoms with Gasteiger partial charge in [0, 0.05) is 20.0 Å². The average molecular weight is 370 g/mol. The van der Waals surface area contributed by atoms with Gasteiger partial charge in [-0.15, -0.1) is 0 Å². The molecule has 10 nitrogen and oxygen atoms in total. The van der Waals surface area contributed by atoms with E-state index in [1.165, 1.54) is 32.0 Å². The van der Waals surface area contributed by atoms with Gasteiger partial charge in [-0.3, -0.25) is 9.59 Å². The van der Waals surface area contributed by atoms with Crippen molar-refractivity contribution in [1.82, 2.24) is 19.6 Å². The molecule has 2 aromatic rings. The van der Waals surface area contributed by atoms with Crippen LogP contribution in [0.15, 0.2) is 27.9 Å². The lowest BCUT2D eigenvalue weighted by atomic mass is 10.3. The summed E-state index contributed by atoms with van der Waals surface area (Å²) in [6.45, 7) is 2.27. The van der Waals surface area contributed by atoms with E-state index in [2.05, 4.69) is 15.3 Å². The molecule has 1 atom stereocenters. The third kappa shape index (κ3) is 4.06. The van der Waals surface area contributed by atoms with Crippen molar-refractivity contribution in [2.75, 3.05) is 13.1 Å². The number of carboxylic acids is 1. The smallest absolute Gasteiger partial charge is 0.323 e. The second-order valence-corrected chi connectivity index (χ2v) is 7.29. The van der Waals surface area contributed by atoms with Crippen LogP contribution in [0.2, 0.25) is 0 Å². The van der Waals surface area contributed by atoms with Crippen LogP contribution < -0.4 is 11.0 Å². The molecule has 0 aliphatic heterocycles. The van der Waals surface area contributed by atoms with E-state index in [4.69, 9.17) is 0 Å². The lowest BCUT2D eigenvalue weighted by molar-refractivity contribution is -0.140. The monoisotopic (exact) mass is 370 g/mol. The molecule has 4 N–H and O–H groups in total. The molecule has 0 aliphatic rings. The summed E-state index contributed by atoms with van der Waals surface area (Å²) < 4.78 is 26.5. The van der Waals surface area contributed by atoms with E-state index in [1.54, 1.807) is 0 Å². The lowest BCUT2D eigenvalue weighted by Gasteiger charge is -2.25. The van der Waals surface area contributed by atoms with Crippen LogP contribution in [0, 0.1) is 0 Å². The number of aliphatic carboxylic acids is 1. The van der Waals surface area contributed by atoms with Crippen molar-refractivity contribution in [1.29, 1.82) is 0 Å². The minimum absolute atomic E-state index is 0.0323. The summed E-state index contributed by atoms with van der Waals surface area (Å²) in [6.07, 6.45) is 0. The number of hydrogen-bond acceptors (Lipinski definition) is 5. The van der Waals surface area contributed by atoms with Crippen LogP contribution in [-0.2, 0) is 19.6 Å². The van der Waals surface area contributed by atoms with Crippen molar-refractivity contribution < 1.29 is 23.1 Å². The maximum Gasteiger partial charge on any atom is 0.323 e. The van der Waals surface area contributed by atoms with Gasteiger partial charge in [-0.25, -0.2) is 13.2 Å². The minimum Gasteiger partial charge on any atom is -0.480 e. The van der Waals surface area contributed by atoms with Gasteiger partial charge in [-0.1, -0.05) is 0 Å². The molecular formula is C14H18N4O6S. The Morgan fingerprint density at radius 3 is 2.52 bits per heavy atom. The van der Waals surface area contributed by atoms with E-state index in [0.29, 0.717) is 5.52 Å². The second-order valence-electron chi connectivity index (χ2n) is 5.40. The Kier molecular flexibility index (Phi) is 5.28. The number of amides is 1. The summed E-state index contributed by atoms with van der Waals surface area (Å²) >= 11 is 0. The van der Waals surface area contributed by atoms with Gasteiger partial charge in [0.1, 0.15) is 6.04 Å². The number of fused-ring (bicyclic) bond motifs is 1. The number of aromatic amines is 2. The fourth-order valence-electron chi connectivity index (χ4n) is 2.29. The zero-order chi connectivity index (χ0) is 18.8. The maximum atomic E-state index is 12.9. The molecule has 0 spiro atoms. The van der Waals surface area contributed by atoms with Crippen LogP contribution in [-0.4, -0.2) is 58.8 Å². The first-order valence-corrected chi connectivity index (χ1v) is 8.78. The highest BCUT2D eigenvalue weighted by Crippen LogP contribution is 2.21. The molecular weight excluding hydrogens is 352 g/mol. The lowest BCUT2D eigenvalue weighted by Crippen LogP contribution is -2.46. The summed E-state index contributed by atoms with van der Waals surface area (Å²) in [5.41, 5.74) is 0.238. The van der Waals surface area contributed by atoms with E-state index >= 15 is 0 Å². The van der Waals surface area contributed by atoms with E-state index in [1.807, 2.05) is 0 Å². The zero-order valence-corrected chi connectivity index (χ0v) is 14.4. The normalized spacial score (nSPS) is 13.1. The maximum absolute atomic E-state index is 12.9. The molecule has 1 aromatic heterocycles. The summed E-state index contributed by atoms with van der Waals surface area (Å²) in [5.74, 6) is -1.67. The van der Waals surface area contributed by atoms with Crippen molar-refractivity contribution in [3.63, 3.8) is 0 Å². The fourth-order valence-corrected chi connectivity index (χ4v) is 3.91. The first-order valence-electron chi connectivity index (χ1n) is 7.34. The summed E-state index contributed by atoms with van der Waals surface area (Å²) in [5, 5.41) is 11.6. The number of carboxylic acid groups (broad SMARTS) is 1. The molecule has 1 unspecified atom stereocenters. The number of sulfonamides is 1. The number of H-pyrrole nitrogens is 2. The first-order chi connectivity index (χ1) is 11.6. The summed E-state index contributed by atoms with van der Waals surface area (Å²) in [4.78, 5) is 38.3. The molecule has 0 aliphatic carbocycles. The van der Waals surface area contributed by atoms with Gasteiger partial charge < -0.3 is 20.4 Å². The second kappa shape index (κ2) is 7.07. The fraction of sp³-hybridized carbons (Fsp3) is 0.357. The summed E-state index contributed by atoms with van der Waals surface area (Å²) in [7, 11) is -4.16. The molecule has 1 heterocycles. The summed E-state index contributed by atoms with van der Waals surface area (Å²) in [6, 6.07) is 2.61. The van der Waals surface area contributed by atoms with Gasteiger partial charge in [0.2, 0.25) is 15.9 Å². The van der Waals surface area contributed by atoms with Gasteiger partial charge in [-0.05, 0) is 25.1 Å². The highest BCUT2D eigenvalue weighted by Gasteiger charge is 2.33. The Labute approximate surface area is 142 Å². The van der Waals surface area contributed by atoms with Crippen molar-refractivity contribution in [2.24, 2.45) is 0 Å². The van der Waals surface area contributed by atoms with Gasteiger partial charge >= 0.3 is 11.7 Å². The standard InChI is InChI=1S/C14H18N4O6S/c1-8(13(20)21)18(6-5-15-9(2)19)25(23,24)10-3-4-11-12(7-10)17-14(22)16-11/h3-4,7-8H,5-6H2,1-2H3,(H,15,19)(H,20,21)(H2,16,17,22). The SMILES string of the molecule is CC(=O)NCCN(C(C)C(=O)O)S(=O)(=O)c1ccc2[nH]c(=O)[nH]c2c1. The molecule has 0 saturated carbocycles. The van der Waals surface area contributed by atoms with Crippen LogP contribution in [0.5, 0.6) is 0 Å². The molecule has 0 radical (unpaired) electrons. The van der Waals surface area contributed by atoms with Crippen molar-refractivity contribution in [2.45, 2.75) is 24.8 Å². The number of benzene rings is 1. The van der Waals surface area contributed by atoms with Crippen LogP contribution in [0.1, 0.15) is 13.8 Å². The van der Waals surface area contributed by atoms with Gasteiger partial charge in [0.05, 0.1) is 15.9 Å². The molecule has 25 heavy (non-hydrogen) atoms. The topological polar surface area (TPSA) is 152 Å². The van der Waals surface area contributed by atoms with Gasteiger partial charge in [0.25, 0.3) is 0 Å². The number of hydrogen-bond donors (Lipinski definition) is 4. The number of imidazole rings is 1. The zero-order valence-electron chi connectivity index (χ0n) is 13.6. The minimum atomic E-state index is -4.16. The Morgan fingerprint density at radius 2 is 1.92 bits per heavy atom. The van der Waals surface area contributed by atoms with Crippen LogP contribution in [0.25, 0.3) is 11.0 Å². The van der Waals surface area contributed by atoms with Crippen LogP contribution in [0.4, 0.5) is 0 Å². The Morgan fingerprint density at radius 1 is 1.28 bits per heavy atom. The number of nitrogens with one attached hydrogen (secondary N) is 3. The highest BCUT2D eigenvalue weighted by atomic mass is 32.2. The van der Waals surface area contributed by atoms with Gasteiger partial charge in [-0.2, -0.15) is 4.31 Å². The number of carbonyl (C=O) groups is 2. The van der Waals surface area contributed by atoms with E-state index < -0.39 is 27.7 Å². The van der Waals surface area contributed by atoms with E-state index in [9.17, 15) is 27.9 Å². The molecule has 0 bridgehead atoms. The molecule has 1 amide bonds. The van der Waals surface area contributed by atoms with Crippen molar-refractivity contribution in [3.05, 3.63) is 28.7 Å². The predicted octanol–water partition coefficient (Wildman–Crippen LogP) is -0.544. The third-order valence-electron chi connectivity index (χ3n) is 3.59. The Hall–Kier alpha value is -2.66. The number of rotatable bonds is 7. The molecule has 11 heteroatoms. The predicted molar refractivity (Wildman–Crippen MR) is 88.6 cm³/mol. The average Bonchev–Trinajstić information content (AvgIpc) is 2.89.